The summed E-state index contributed by atoms with van der Waals surface area (Å²) in [6.45, 7) is 0. The molecular formula is C3H8CuNS2. The van der Waals surface area contributed by atoms with Crippen molar-refractivity contribution in [3.63, 3.8) is 0 Å². The average Bonchev–Trinajstić information content (AvgIpc) is 1.27. The van der Waals surface area contributed by atoms with Crippen molar-refractivity contribution in [2.45, 2.75) is 11.6 Å². The van der Waals surface area contributed by atoms with E-state index in [9.17, 15) is 0 Å². The fourth-order valence-electron chi connectivity index (χ4n) is 0.129. The predicted octanol–water partition coefficient (Wildman–Crippen LogP) is 1.42. The SMILES string of the molecule is [CH3][Cu]([CH3])[NH]C(=S)S. The number of hydrogen-bond donors (Lipinski definition) is 2. The van der Waals surface area contributed by atoms with Crippen LogP contribution in [-0.4, -0.2) is 4.32 Å². The van der Waals surface area contributed by atoms with Crippen molar-refractivity contribution < 1.29 is 14.1 Å². The average molecular weight is 186 g/mol. The molecule has 4 heteroatoms. The van der Waals surface area contributed by atoms with E-state index in [1.165, 1.54) is 0 Å². The van der Waals surface area contributed by atoms with Crippen LogP contribution in [0.15, 0.2) is 0 Å². The summed E-state index contributed by atoms with van der Waals surface area (Å²) in [4.78, 5) is 0. The Kier molecular flexibility index (Phi) is 4.13. The second-order valence-corrected chi connectivity index (χ2v) is 4.26. The summed E-state index contributed by atoms with van der Waals surface area (Å²) in [5.41, 5.74) is 0. The Morgan fingerprint density at radius 3 is 2.14 bits per heavy atom. The molecule has 0 amide bonds. The zero-order valence-corrected chi connectivity index (χ0v) is 6.81. The fraction of sp³-hybridized carbons (Fsp3) is 0.667. The van der Waals surface area contributed by atoms with E-state index in [1.54, 1.807) is 0 Å². The molecule has 0 aliphatic heterocycles. The molecule has 0 radical (unpaired) electrons. The molecule has 1 nitrogen and oxygen atoms in total. The van der Waals surface area contributed by atoms with Crippen LogP contribution in [0.2, 0.25) is 11.6 Å². The molecule has 0 fully saturated rings. The number of thiol groups is 1. The predicted molar refractivity (Wildman–Crippen MR) is 36.4 cm³/mol. The van der Waals surface area contributed by atoms with Gasteiger partial charge in [0.15, 0.2) is 0 Å². The zero-order chi connectivity index (χ0) is 5.86. The van der Waals surface area contributed by atoms with Crippen molar-refractivity contribution in [1.82, 2.24) is 4.33 Å². The minimum absolute atomic E-state index is 0.242. The van der Waals surface area contributed by atoms with E-state index in [0.29, 0.717) is 4.32 Å². The second kappa shape index (κ2) is 3.72. The minimum atomic E-state index is 0.242. The molecule has 48 valence electrons. The van der Waals surface area contributed by atoms with Crippen LogP contribution < -0.4 is 4.33 Å². The van der Waals surface area contributed by atoms with Crippen molar-refractivity contribution in [3.8, 4) is 0 Å². The van der Waals surface area contributed by atoms with Gasteiger partial charge in [-0.15, -0.1) is 0 Å². The molecule has 0 saturated heterocycles. The van der Waals surface area contributed by atoms with Gasteiger partial charge in [-0.25, -0.2) is 0 Å². The van der Waals surface area contributed by atoms with E-state index >= 15 is 0 Å². The number of nitrogens with one attached hydrogen (secondary N) is 1. The molecule has 0 bridgehead atoms. The molecule has 7 heavy (non-hydrogen) atoms. The standard InChI is InChI=1S/CH3NS2.2CH3.Cu/c2-1(3)4;;;/h(H3,2,3,4);2*1H3;/q;;;+1/p-1. The number of thiocarbonyl (C=S) groups is 1. The zero-order valence-electron chi connectivity index (χ0n) is 4.16. The van der Waals surface area contributed by atoms with E-state index in [0.717, 1.165) is 0 Å². The summed E-state index contributed by atoms with van der Waals surface area (Å²) in [6.07, 6.45) is 0. The van der Waals surface area contributed by atoms with Crippen molar-refractivity contribution >= 4 is 29.2 Å². The van der Waals surface area contributed by atoms with Crippen molar-refractivity contribution in [2.24, 2.45) is 0 Å². The van der Waals surface area contributed by atoms with Gasteiger partial charge in [0, 0.05) is 0 Å². The third-order valence-corrected chi connectivity index (χ3v) is 1.42. The van der Waals surface area contributed by atoms with E-state index < -0.39 is 0 Å². The Morgan fingerprint density at radius 1 is 1.71 bits per heavy atom. The van der Waals surface area contributed by atoms with Crippen molar-refractivity contribution in [3.05, 3.63) is 0 Å². The van der Waals surface area contributed by atoms with Crippen molar-refractivity contribution in [2.75, 3.05) is 0 Å². The summed E-state index contributed by atoms with van der Waals surface area (Å²) >= 11 is 8.73. The quantitative estimate of drug-likeness (QED) is 0.364. The molecule has 0 heterocycles. The first-order valence-electron chi connectivity index (χ1n) is 1.43. The third kappa shape index (κ3) is 6.76. The Bertz CT molecular complexity index is 73.3. The molecule has 0 rings (SSSR count). The van der Waals surface area contributed by atoms with E-state index in [1.807, 2.05) is 11.6 Å². The maximum absolute atomic E-state index is 4.63. The molecule has 0 aromatic heterocycles. The molecular weight excluding hydrogens is 178 g/mol. The van der Waals surface area contributed by atoms with Crippen LogP contribution >= 0.6 is 24.8 Å². The van der Waals surface area contributed by atoms with E-state index in [-0.39, 0.29) is 14.1 Å². The Balaban J connectivity index is 3.13. The van der Waals surface area contributed by atoms with Gasteiger partial charge >= 0.3 is 59.3 Å². The normalized spacial score (nSPS) is 10.4. The van der Waals surface area contributed by atoms with Gasteiger partial charge in [0.1, 0.15) is 0 Å². The van der Waals surface area contributed by atoms with Gasteiger partial charge in [-0.2, -0.15) is 0 Å². The van der Waals surface area contributed by atoms with Gasteiger partial charge in [-0.3, -0.25) is 0 Å². The van der Waals surface area contributed by atoms with Crippen LogP contribution in [0.4, 0.5) is 0 Å². The first-order chi connectivity index (χ1) is 3.13. The summed E-state index contributed by atoms with van der Waals surface area (Å²) in [6, 6.07) is 0. The summed E-state index contributed by atoms with van der Waals surface area (Å²) in [5.74, 6) is 4.07. The molecule has 0 spiro atoms. The van der Waals surface area contributed by atoms with Crippen LogP contribution in [0.25, 0.3) is 0 Å². The topological polar surface area (TPSA) is 12.0 Å². The summed E-state index contributed by atoms with van der Waals surface area (Å²) < 4.78 is 3.50. The van der Waals surface area contributed by atoms with Gasteiger partial charge < -0.3 is 0 Å². The molecule has 0 aliphatic rings. The summed E-state index contributed by atoms with van der Waals surface area (Å²) in [5, 5.41) is 0. The molecule has 0 atom stereocenters. The molecule has 0 aliphatic carbocycles. The van der Waals surface area contributed by atoms with Gasteiger partial charge in [0.2, 0.25) is 0 Å². The summed E-state index contributed by atoms with van der Waals surface area (Å²) in [7, 11) is 0. The Morgan fingerprint density at radius 2 is 2.14 bits per heavy atom. The van der Waals surface area contributed by atoms with Gasteiger partial charge in [0.25, 0.3) is 0 Å². The molecule has 1 N–H and O–H groups in total. The van der Waals surface area contributed by atoms with Crippen LogP contribution in [0.3, 0.4) is 0 Å². The van der Waals surface area contributed by atoms with Gasteiger partial charge in [0.05, 0.1) is 0 Å². The first kappa shape index (κ1) is 7.76. The second-order valence-electron chi connectivity index (χ2n) is 0.984. The first-order valence-corrected chi connectivity index (χ1v) is 4.64. The molecule has 0 saturated carbocycles. The van der Waals surface area contributed by atoms with Crippen LogP contribution in [0, 0.1) is 0 Å². The van der Waals surface area contributed by atoms with Crippen LogP contribution in [0.5, 0.6) is 0 Å². The van der Waals surface area contributed by atoms with Gasteiger partial charge in [-0.1, -0.05) is 0 Å². The Labute approximate surface area is 59.4 Å². The van der Waals surface area contributed by atoms with Crippen LogP contribution in [-0.2, 0) is 14.1 Å². The van der Waals surface area contributed by atoms with Crippen molar-refractivity contribution in [1.29, 1.82) is 0 Å². The monoisotopic (exact) mass is 185 g/mol. The molecule has 0 unspecified atom stereocenters. The van der Waals surface area contributed by atoms with E-state index in [2.05, 4.69) is 29.2 Å². The Hall–Kier alpha value is 0.759. The third-order valence-electron chi connectivity index (χ3n) is 0.215. The maximum atomic E-state index is 4.63. The number of hydrogen-bond acceptors (Lipinski definition) is 1. The van der Waals surface area contributed by atoms with Crippen LogP contribution in [0.1, 0.15) is 0 Å². The van der Waals surface area contributed by atoms with Gasteiger partial charge in [-0.05, 0) is 0 Å². The fourth-order valence-corrected chi connectivity index (χ4v) is 1.60. The van der Waals surface area contributed by atoms with E-state index in [4.69, 9.17) is 0 Å². The molecule has 0 aromatic rings. The number of rotatable bonds is 1. The molecule has 0 aromatic carbocycles.